The van der Waals surface area contributed by atoms with Crippen LogP contribution in [0.25, 0.3) is 10.9 Å². The van der Waals surface area contributed by atoms with Crippen LogP contribution >= 0.6 is 0 Å². The lowest BCUT2D eigenvalue weighted by Crippen LogP contribution is -2.51. The van der Waals surface area contributed by atoms with Crippen LogP contribution in [0.2, 0.25) is 0 Å². The summed E-state index contributed by atoms with van der Waals surface area (Å²) < 4.78 is 5.36. The van der Waals surface area contributed by atoms with Crippen molar-refractivity contribution in [1.82, 2.24) is 15.2 Å². The number of hydrogen-bond donors (Lipinski definition) is 3. The Morgan fingerprint density at radius 1 is 1.06 bits per heavy atom. The van der Waals surface area contributed by atoms with Crippen molar-refractivity contribution in [3.8, 4) is 0 Å². The van der Waals surface area contributed by atoms with Gasteiger partial charge in [0.05, 0.1) is 6.04 Å². The molecule has 0 aliphatic rings. The van der Waals surface area contributed by atoms with Gasteiger partial charge in [0.15, 0.2) is 5.78 Å². The summed E-state index contributed by atoms with van der Waals surface area (Å²) >= 11 is 0. The largest absolute Gasteiger partial charge is 0.444 e. The van der Waals surface area contributed by atoms with Crippen molar-refractivity contribution in [2.45, 2.75) is 39.3 Å². The number of nitrogens with zero attached hydrogens (tertiary/aromatic N) is 1. The molecule has 3 rings (SSSR count). The number of H-pyrrole nitrogens is 1. The Morgan fingerprint density at radius 2 is 1.76 bits per heavy atom. The summed E-state index contributed by atoms with van der Waals surface area (Å²) in [4.78, 5) is 42.5. The first kappa shape index (κ1) is 25.0. The highest BCUT2D eigenvalue weighted by atomic mass is 16.6. The first-order valence-electron chi connectivity index (χ1n) is 11.4. The van der Waals surface area contributed by atoms with Gasteiger partial charge in [0, 0.05) is 30.1 Å². The van der Waals surface area contributed by atoms with Crippen LogP contribution in [0.15, 0.2) is 60.8 Å². The minimum Gasteiger partial charge on any atom is -0.444 e. The summed E-state index contributed by atoms with van der Waals surface area (Å²) in [5, 5.41) is 13.0. The van der Waals surface area contributed by atoms with Crippen molar-refractivity contribution in [1.29, 1.82) is 0 Å². The molecule has 3 N–H and O–H groups in total. The Balaban J connectivity index is 1.73. The second kappa shape index (κ2) is 12.0. The highest BCUT2D eigenvalue weighted by Gasteiger charge is 2.28. The Hall–Kier alpha value is -3.65. The number of para-hydroxylation sites is 1. The van der Waals surface area contributed by atoms with Gasteiger partial charge in [-0.3, -0.25) is 4.79 Å². The zero-order valence-electron chi connectivity index (χ0n) is 19.5. The summed E-state index contributed by atoms with van der Waals surface area (Å²) in [5.41, 5.74) is 2.53. The van der Waals surface area contributed by atoms with Crippen LogP contribution in [0.4, 0.5) is 9.59 Å². The predicted octanol–water partition coefficient (Wildman–Crippen LogP) is 4.03. The molecule has 3 amide bonds. The number of ether oxygens (including phenoxy) is 1. The van der Waals surface area contributed by atoms with E-state index >= 15 is 0 Å². The number of benzene rings is 2. The molecule has 8 heteroatoms. The molecule has 3 aromatic rings. The predicted molar refractivity (Wildman–Crippen MR) is 129 cm³/mol. The number of rotatable bonds is 10. The number of aliphatic hydroxyl groups excluding tert-OH is 1. The smallest absolute Gasteiger partial charge is 0.418 e. The van der Waals surface area contributed by atoms with Gasteiger partial charge in [-0.15, -0.1) is 0 Å². The molecule has 0 aliphatic heterocycles. The Labute approximate surface area is 198 Å². The molecule has 1 aromatic heterocycles. The molecule has 0 bridgehead atoms. The number of amides is 3. The van der Waals surface area contributed by atoms with Gasteiger partial charge in [-0.1, -0.05) is 62.4 Å². The van der Waals surface area contributed by atoms with E-state index in [0.717, 1.165) is 26.9 Å². The molecular weight excluding hydrogens is 434 g/mol. The molecule has 0 radical (unpaired) electrons. The van der Waals surface area contributed by atoms with Crippen LogP contribution in [0.5, 0.6) is 0 Å². The van der Waals surface area contributed by atoms with Gasteiger partial charge in [-0.25, -0.2) is 14.5 Å². The van der Waals surface area contributed by atoms with Gasteiger partial charge in [-0.2, -0.15) is 0 Å². The van der Waals surface area contributed by atoms with Gasteiger partial charge < -0.3 is 20.1 Å². The Kier molecular flexibility index (Phi) is 8.81. The summed E-state index contributed by atoms with van der Waals surface area (Å²) in [6.07, 6.45) is 1.74. The molecular formula is C26H31N3O5. The van der Waals surface area contributed by atoms with E-state index in [-0.39, 0.29) is 25.5 Å². The topological polar surface area (TPSA) is 112 Å². The first-order valence-corrected chi connectivity index (χ1v) is 11.4. The van der Waals surface area contributed by atoms with Crippen molar-refractivity contribution >= 4 is 28.8 Å². The van der Waals surface area contributed by atoms with Crippen molar-refractivity contribution in [2.24, 2.45) is 5.92 Å². The number of imide groups is 1. The Morgan fingerprint density at radius 3 is 2.47 bits per heavy atom. The van der Waals surface area contributed by atoms with E-state index in [2.05, 4.69) is 10.3 Å². The lowest BCUT2D eigenvalue weighted by atomic mass is 10.0. The van der Waals surface area contributed by atoms with Crippen LogP contribution in [0.1, 0.15) is 31.4 Å². The third kappa shape index (κ3) is 6.68. The minimum absolute atomic E-state index is 0.0273. The molecule has 0 saturated heterocycles. The zero-order chi connectivity index (χ0) is 24.5. The highest BCUT2D eigenvalue weighted by Crippen LogP contribution is 2.19. The van der Waals surface area contributed by atoms with Crippen molar-refractivity contribution in [3.63, 3.8) is 0 Å². The van der Waals surface area contributed by atoms with E-state index in [4.69, 9.17) is 4.74 Å². The molecule has 0 unspecified atom stereocenters. The van der Waals surface area contributed by atoms with Gasteiger partial charge >= 0.3 is 12.1 Å². The third-order valence-corrected chi connectivity index (χ3v) is 5.54. The number of aromatic nitrogens is 1. The van der Waals surface area contributed by atoms with Gasteiger partial charge in [-0.05, 0) is 29.5 Å². The molecule has 8 nitrogen and oxygen atoms in total. The number of nitrogens with one attached hydrogen (secondary N) is 2. The van der Waals surface area contributed by atoms with Crippen molar-refractivity contribution in [3.05, 3.63) is 71.9 Å². The van der Waals surface area contributed by atoms with Crippen LogP contribution in [0, 0.1) is 5.92 Å². The second-order valence-electron chi connectivity index (χ2n) is 8.56. The number of carbonyl (C=O) groups is 3. The number of hydrogen-bond acceptors (Lipinski definition) is 5. The average molecular weight is 466 g/mol. The van der Waals surface area contributed by atoms with E-state index in [1.807, 2.05) is 68.4 Å². The van der Waals surface area contributed by atoms with Crippen LogP contribution < -0.4 is 5.32 Å². The zero-order valence-corrected chi connectivity index (χ0v) is 19.5. The standard InChI is InChI=1S/C26H31N3O5/c1-18(2)12-13-29(26(33)34-17-19-8-4-3-5-9-19)25(32)28-23(24(31)16-30)14-20-15-27-22-11-7-6-10-21(20)22/h3-11,15,18,23,27,30H,12-14,16-17H2,1-2H3,(H,28,32)/t23-/m0/s1. The second-order valence-corrected chi connectivity index (χ2v) is 8.56. The molecule has 1 atom stereocenters. The number of carbonyl (C=O) groups excluding carboxylic acids is 3. The minimum atomic E-state index is -1.000. The molecule has 0 saturated carbocycles. The van der Waals surface area contributed by atoms with E-state index in [1.165, 1.54) is 0 Å². The molecule has 1 heterocycles. The molecule has 2 aromatic carbocycles. The number of aromatic amines is 1. The van der Waals surface area contributed by atoms with Crippen molar-refractivity contribution in [2.75, 3.05) is 13.2 Å². The van der Waals surface area contributed by atoms with Crippen LogP contribution in [0.3, 0.4) is 0 Å². The van der Waals surface area contributed by atoms with Crippen LogP contribution in [-0.4, -0.2) is 52.1 Å². The first-order chi connectivity index (χ1) is 16.4. The highest BCUT2D eigenvalue weighted by molar-refractivity contribution is 5.95. The van der Waals surface area contributed by atoms with Gasteiger partial charge in [0.25, 0.3) is 0 Å². The molecule has 180 valence electrons. The van der Waals surface area contributed by atoms with Crippen LogP contribution in [-0.2, 0) is 22.6 Å². The maximum Gasteiger partial charge on any atom is 0.418 e. The van der Waals surface area contributed by atoms with Crippen molar-refractivity contribution < 1.29 is 24.2 Å². The Bertz CT molecular complexity index is 1110. The monoisotopic (exact) mass is 465 g/mol. The number of fused-ring (bicyclic) bond motifs is 1. The maximum absolute atomic E-state index is 13.1. The molecule has 0 spiro atoms. The lowest BCUT2D eigenvalue weighted by molar-refractivity contribution is -0.123. The number of urea groups is 1. The molecule has 0 fully saturated rings. The van der Waals surface area contributed by atoms with Gasteiger partial charge in [0.1, 0.15) is 13.2 Å². The average Bonchev–Trinajstić information content (AvgIpc) is 3.25. The van der Waals surface area contributed by atoms with E-state index < -0.39 is 30.6 Å². The maximum atomic E-state index is 13.1. The summed E-state index contributed by atoms with van der Waals surface area (Å²) in [7, 11) is 0. The van der Waals surface area contributed by atoms with E-state index in [0.29, 0.717) is 6.42 Å². The number of ketones is 1. The molecule has 0 aliphatic carbocycles. The SMILES string of the molecule is CC(C)CCN(C(=O)N[C@@H](Cc1c[nH]c2ccccc12)C(=O)CO)C(=O)OCc1ccccc1. The third-order valence-electron chi connectivity index (χ3n) is 5.54. The van der Waals surface area contributed by atoms with E-state index in [1.54, 1.807) is 6.20 Å². The van der Waals surface area contributed by atoms with Gasteiger partial charge in [0.2, 0.25) is 0 Å². The lowest BCUT2D eigenvalue weighted by Gasteiger charge is -2.24. The summed E-state index contributed by atoms with van der Waals surface area (Å²) in [5.74, 6) is -0.293. The summed E-state index contributed by atoms with van der Waals surface area (Å²) in [6, 6.07) is 15.1. The normalized spacial score (nSPS) is 11.9. The quantitative estimate of drug-likeness (QED) is 0.418. The summed E-state index contributed by atoms with van der Waals surface area (Å²) in [6.45, 7) is 3.42. The number of aliphatic hydroxyl groups is 1. The number of Topliss-reactive ketones (excluding diaryl/α,β-unsaturated/α-hetero) is 1. The molecule has 34 heavy (non-hydrogen) atoms. The fourth-order valence-corrected chi connectivity index (χ4v) is 3.56. The fourth-order valence-electron chi connectivity index (χ4n) is 3.56. The van der Waals surface area contributed by atoms with E-state index in [9.17, 15) is 19.5 Å². The fraction of sp³-hybridized carbons (Fsp3) is 0.346.